The molecule has 0 radical (unpaired) electrons. The van der Waals surface area contributed by atoms with E-state index >= 15 is 0 Å². The fourth-order valence-corrected chi connectivity index (χ4v) is 2.60. The lowest BCUT2D eigenvalue weighted by molar-refractivity contribution is 0.142. The Hall–Kier alpha value is -0.470. The molecule has 0 spiro atoms. The van der Waals surface area contributed by atoms with E-state index in [1.807, 2.05) is 0 Å². The topological polar surface area (TPSA) is 73.0 Å². The molecular formula is C6H4BrClF2N2O2S. The van der Waals surface area contributed by atoms with Crippen LogP contribution in [0, 0.1) is 0 Å². The summed E-state index contributed by atoms with van der Waals surface area (Å²) in [6, 6.07) is 0. The summed E-state index contributed by atoms with van der Waals surface area (Å²) in [5.74, 6) is 0. The molecule has 1 heterocycles. The molecule has 0 aliphatic carbocycles. The number of hydrogen-bond donors (Lipinski definition) is 1. The number of nitrogens with zero attached hydrogens (tertiary/aromatic N) is 1. The second-order valence-corrected chi connectivity index (χ2v) is 5.83. The fraction of sp³-hybridized carbons (Fsp3) is 0.167. The first-order valence-electron chi connectivity index (χ1n) is 3.42. The molecule has 0 bridgehead atoms. The standard InChI is InChI=1S/C6H4BrClF2N2O2S/c7-2-1-12-4(6(9)10)5(3(2)11)15(8,13)14/h1,6H,(H2,11,12). The van der Waals surface area contributed by atoms with Gasteiger partial charge in [0.15, 0.2) is 0 Å². The van der Waals surface area contributed by atoms with Crippen molar-refractivity contribution >= 4 is 41.4 Å². The summed E-state index contributed by atoms with van der Waals surface area (Å²) in [5, 5.41) is 0. The first kappa shape index (κ1) is 12.6. The zero-order valence-electron chi connectivity index (χ0n) is 6.92. The molecule has 84 valence electrons. The molecule has 4 nitrogen and oxygen atoms in total. The summed E-state index contributed by atoms with van der Waals surface area (Å²) >= 11 is 2.87. The minimum Gasteiger partial charge on any atom is -0.397 e. The van der Waals surface area contributed by atoms with Gasteiger partial charge in [0, 0.05) is 16.9 Å². The van der Waals surface area contributed by atoms with Gasteiger partial charge in [-0.15, -0.1) is 0 Å². The van der Waals surface area contributed by atoms with Gasteiger partial charge in [-0.25, -0.2) is 17.2 Å². The van der Waals surface area contributed by atoms with Gasteiger partial charge < -0.3 is 5.73 Å². The Labute approximate surface area is 97.0 Å². The minimum absolute atomic E-state index is 0.0890. The summed E-state index contributed by atoms with van der Waals surface area (Å²) in [7, 11) is 0.626. The van der Waals surface area contributed by atoms with E-state index in [2.05, 4.69) is 20.9 Å². The number of aromatic nitrogens is 1. The van der Waals surface area contributed by atoms with Crippen LogP contribution in [-0.2, 0) is 9.05 Å². The van der Waals surface area contributed by atoms with Crippen molar-refractivity contribution in [2.24, 2.45) is 0 Å². The first-order chi connectivity index (χ1) is 6.75. The predicted molar refractivity (Wildman–Crippen MR) is 54.3 cm³/mol. The normalized spacial score (nSPS) is 12.1. The number of anilines is 1. The smallest absolute Gasteiger partial charge is 0.281 e. The van der Waals surface area contributed by atoms with Gasteiger partial charge in [-0.3, -0.25) is 4.98 Å². The molecule has 1 aromatic rings. The lowest BCUT2D eigenvalue weighted by atomic mass is 10.3. The molecule has 0 aliphatic rings. The second-order valence-electron chi connectivity index (χ2n) is 2.47. The van der Waals surface area contributed by atoms with E-state index in [-0.39, 0.29) is 10.2 Å². The first-order valence-corrected chi connectivity index (χ1v) is 6.52. The molecule has 9 heteroatoms. The molecule has 1 aromatic heterocycles. The molecule has 0 saturated heterocycles. The van der Waals surface area contributed by atoms with E-state index in [0.29, 0.717) is 0 Å². The predicted octanol–water partition coefficient (Wildman–Crippen LogP) is 2.29. The van der Waals surface area contributed by atoms with E-state index in [0.717, 1.165) is 6.20 Å². The molecule has 0 atom stereocenters. The number of hydrogen-bond acceptors (Lipinski definition) is 4. The summed E-state index contributed by atoms with van der Waals surface area (Å²) < 4.78 is 47.0. The van der Waals surface area contributed by atoms with E-state index in [9.17, 15) is 17.2 Å². The Morgan fingerprint density at radius 1 is 1.53 bits per heavy atom. The van der Waals surface area contributed by atoms with Crippen LogP contribution in [0.2, 0.25) is 0 Å². The third kappa shape index (κ3) is 2.56. The number of pyridine rings is 1. The van der Waals surface area contributed by atoms with Gasteiger partial charge in [-0.05, 0) is 15.9 Å². The van der Waals surface area contributed by atoms with Gasteiger partial charge in [-0.1, -0.05) is 0 Å². The Kier molecular flexibility index (Phi) is 3.51. The molecule has 0 aliphatic heterocycles. The van der Waals surface area contributed by atoms with Gasteiger partial charge in [0.2, 0.25) is 0 Å². The molecule has 0 unspecified atom stereocenters. The number of alkyl halides is 2. The molecule has 0 fully saturated rings. The highest BCUT2D eigenvalue weighted by atomic mass is 79.9. The quantitative estimate of drug-likeness (QED) is 0.848. The number of nitrogen functional groups attached to an aromatic ring is 1. The van der Waals surface area contributed by atoms with Crippen LogP contribution in [0.25, 0.3) is 0 Å². The Morgan fingerprint density at radius 3 is 2.47 bits per heavy atom. The molecule has 2 N–H and O–H groups in total. The van der Waals surface area contributed by atoms with Crippen LogP contribution in [-0.4, -0.2) is 13.4 Å². The SMILES string of the molecule is Nc1c(Br)cnc(C(F)F)c1S(=O)(=O)Cl. The second kappa shape index (κ2) is 4.18. The van der Waals surface area contributed by atoms with Crippen molar-refractivity contribution < 1.29 is 17.2 Å². The maximum absolute atomic E-state index is 12.4. The van der Waals surface area contributed by atoms with E-state index in [4.69, 9.17) is 16.4 Å². The van der Waals surface area contributed by atoms with E-state index < -0.39 is 26.1 Å². The maximum Gasteiger partial charge on any atom is 0.281 e. The van der Waals surface area contributed by atoms with Gasteiger partial charge >= 0.3 is 0 Å². The number of rotatable bonds is 2. The highest BCUT2D eigenvalue weighted by Gasteiger charge is 2.27. The van der Waals surface area contributed by atoms with Crippen LogP contribution in [0.15, 0.2) is 15.6 Å². The van der Waals surface area contributed by atoms with Crippen LogP contribution in [0.4, 0.5) is 14.5 Å². The van der Waals surface area contributed by atoms with Crippen molar-refractivity contribution in [3.05, 3.63) is 16.4 Å². The molecule has 0 aromatic carbocycles. The number of halogens is 4. The van der Waals surface area contributed by atoms with E-state index in [1.54, 1.807) is 0 Å². The average Bonchev–Trinajstić information content (AvgIpc) is 2.06. The zero-order valence-corrected chi connectivity index (χ0v) is 10.1. The molecular weight excluding hydrogens is 317 g/mol. The Bertz CT molecular complexity index is 494. The third-order valence-corrected chi connectivity index (χ3v) is 3.51. The van der Waals surface area contributed by atoms with Crippen molar-refractivity contribution in [3.8, 4) is 0 Å². The largest absolute Gasteiger partial charge is 0.397 e. The summed E-state index contributed by atoms with van der Waals surface area (Å²) in [6.07, 6.45) is -2.08. The van der Waals surface area contributed by atoms with Crippen molar-refractivity contribution in [2.75, 3.05) is 5.73 Å². The molecule has 0 saturated carbocycles. The maximum atomic E-state index is 12.4. The van der Waals surface area contributed by atoms with Crippen molar-refractivity contribution in [2.45, 2.75) is 11.3 Å². The third-order valence-electron chi connectivity index (χ3n) is 1.50. The molecule has 1 rings (SSSR count). The summed E-state index contributed by atoms with van der Waals surface area (Å²) in [6.45, 7) is 0. The lowest BCUT2D eigenvalue weighted by Crippen LogP contribution is -2.07. The minimum atomic E-state index is -4.36. The monoisotopic (exact) mass is 320 g/mol. The zero-order chi connectivity index (χ0) is 11.8. The van der Waals surface area contributed by atoms with Crippen LogP contribution >= 0.6 is 26.6 Å². The summed E-state index contributed by atoms with van der Waals surface area (Å²) in [5.41, 5.74) is 3.99. The van der Waals surface area contributed by atoms with Crippen LogP contribution in [0.1, 0.15) is 12.1 Å². The Balaban J connectivity index is 3.65. The van der Waals surface area contributed by atoms with E-state index in [1.165, 1.54) is 0 Å². The van der Waals surface area contributed by atoms with Gasteiger partial charge in [0.05, 0.1) is 10.2 Å². The van der Waals surface area contributed by atoms with Crippen LogP contribution in [0.5, 0.6) is 0 Å². The average molecular weight is 322 g/mol. The highest BCUT2D eigenvalue weighted by molar-refractivity contribution is 9.10. The number of nitrogens with two attached hydrogens (primary N) is 1. The van der Waals surface area contributed by atoms with Gasteiger partial charge in [0.1, 0.15) is 10.6 Å². The van der Waals surface area contributed by atoms with Crippen molar-refractivity contribution in [1.29, 1.82) is 0 Å². The van der Waals surface area contributed by atoms with Gasteiger partial charge in [0.25, 0.3) is 15.5 Å². The highest BCUT2D eigenvalue weighted by Crippen LogP contribution is 2.35. The Morgan fingerprint density at radius 2 is 2.07 bits per heavy atom. The van der Waals surface area contributed by atoms with Crippen LogP contribution in [0.3, 0.4) is 0 Å². The molecule has 15 heavy (non-hydrogen) atoms. The molecule has 0 amide bonds. The fourth-order valence-electron chi connectivity index (χ4n) is 0.913. The van der Waals surface area contributed by atoms with Crippen molar-refractivity contribution in [1.82, 2.24) is 4.98 Å². The van der Waals surface area contributed by atoms with Crippen LogP contribution < -0.4 is 5.73 Å². The summed E-state index contributed by atoms with van der Waals surface area (Å²) in [4.78, 5) is 2.41. The lowest BCUT2D eigenvalue weighted by Gasteiger charge is -2.08. The van der Waals surface area contributed by atoms with Crippen molar-refractivity contribution in [3.63, 3.8) is 0 Å². The van der Waals surface area contributed by atoms with Gasteiger partial charge in [-0.2, -0.15) is 0 Å².